The van der Waals surface area contributed by atoms with Crippen LogP contribution in [0.2, 0.25) is 0 Å². The topological polar surface area (TPSA) is 63.7 Å². The Morgan fingerprint density at radius 3 is 2.30 bits per heavy atom. The summed E-state index contributed by atoms with van der Waals surface area (Å²) >= 11 is 0. The van der Waals surface area contributed by atoms with Crippen molar-refractivity contribution >= 4 is 15.7 Å². The number of ether oxygens (including phenoxy) is 1. The third kappa shape index (κ3) is 6.36. The SMILES string of the molecule is CCS(=O)(=O)c1ccc(CC(=O)N(C)CCCOc2ccc(F)cc2)cc1. The van der Waals surface area contributed by atoms with Crippen molar-refractivity contribution in [2.45, 2.75) is 24.7 Å². The number of carbonyl (C=O) groups excluding carboxylic acids is 1. The van der Waals surface area contributed by atoms with Crippen LogP contribution in [0.4, 0.5) is 4.39 Å². The van der Waals surface area contributed by atoms with E-state index < -0.39 is 9.84 Å². The van der Waals surface area contributed by atoms with E-state index in [1.165, 1.54) is 24.3 Å². The summed E-state index contributed by atoms with van der Waals surface area (Å²) in [5, 5.41) is 0. The van der Waals surface area contributed by atoms with Gasteiger partial charge in [-0.25, -0.2) is 12.8 Å². The van der Waals surface area contributed by atoms with E-state index in [1.807, 2.05) is 0 Å². The minimum atomic E-state index is -3.23. The summed E-state index contributed by atoms with van der Waals surface area (Å²) in [4.78, 5) is 14.2. The molecule has 0 aliphatic heterocycles. The lowest BCUT2D eigenvalue weighted by Gasteiger charge is -2.17. The molecule has 0 aromatic heterocycles. The summed E-state index contributed by atoms with van der Waals surface area (Å²) in [6, 6.07) is 12.2. The van der Waals surface area contributed by atoms with Gasteiger partial charge in [-0.2, -0.15) is 0 Å². The number of carbonyl (C=O) groups is 1. The number of nitrogens with zero attached hydrogens (tertiary/aromatic N) is 1. The number of amides is 1. The van der Waals surface area contributed by atoms with Gasteiger partial charge in [0.15, 0.2) is 9.84 Å². The van der Waals surface area contributed by atoms with E-state index >= 15 is 0 Å². The molecule has 1 amide bonds. The first-order chi connectivity index (χ1) is 12.8. The maximum absolute atomic E-state index is 12.8. The molecule has 7 heteroatoms. The van der Waals surface area contributed by atoms with Gasteiger partial charge in [0.25, 0.3) is 0 Å². The first-order valence-electron chi connectivity index (χ1n) is 8.76. The predicted octanol–water partition coefficient (Wildman–Crippen LogP) is 3.09. The van der Waals surface area contributed by atoms with Gasteiger partial charge in [-0.15, -0.1) is 0 Å². The van der Waals surface area contributed by atoms with Crippen LogP contribution in [0, 0.1) is 5.82 Å². The Morgan fingerprint density at radius 1 is 1.07 bits per heavy atom. The normalized spacial score (nSPS) is 11.2. The Kier molecular flexibility index (Phi) is 7.36. The third-order valence-corrected chi connectivity index (χ3v) is 5.91. The van der Waals surface area contributed by atoms with Crippen LogP contribution in [-0.2, 0) is 21.1 Å². The van der Waals surface area contributed by atoms with E-state index in [1.54, 1.807) is 43.1 Å². The van der Waals surface area contributed by atoms with E-state index in [2.05, 4.69) is 0 Å². The van der Waals surface area contributed by atoms with Crippen molar-refractivity contribution in [3.05, 3.63) is 59.9 Å². The monoisotopic (exact) mass is 393 g/mol. The molecule has 0 N–H and O–H groups in total. The molecule has 0 aliphatic rings. The first kappa shape index (κ1) is 20.9. The molecule has 0 heterocycles. The second-order valence-electron chi connectivity index (χ2n) is 6.20. The van der Waals surface area contributed by atoms with Crippen LogP contribution in [0.1, 0.15) is 18.9 Å². The molecule has 0 spiro atoms. The van der Waals surface area contributed by atoms with E-state index in [0.717, 1.165) is 5.56 Å². The molecule has 146 valence electrons. The molecule has 0 atom stereocenters. The Hall–Kier alpha value is -2.41. The molecular weight excluding hydrogens is 369 g/mol. The fourth-order valence-electron chi connectivity index (χ4n) is 2.44. The van der Waals surface area contributed by atoms with E-state index in [9.17, 15) is 17.6 Å². The highest BCUT2D eigenvalue weighted by Gasteiger charge is 2.13. The van der Waals surface area contributed by atoms with Crippen molar-refractivity contribution in [1.82, 2.24) is 4.90 Å². The van der Waals surface area contributed by atoms with Crippen LogP contribution in [0.15, 0.2) is 53.4 Å². The third-order valence-electron chi connectivity index (χ3n) is 4.16. The molecule has 0 saturated carbocycles. The van der Waals surface area contributed by atoms with E-state index in [0.29, 0.717) is 25.3 Å². The van der Waals surface area contributed by atoms with Gasteiger partial charge in [0.05, 0.1) is 23.7 Å². The molecule has 0 fully saturated rings. The summed E-state index contributed by atoms with van der Waals surface area (Å²) in [5.74, 6) is 0.275. The molecule has 0 unspecified atom stereocenters. The Morgan fingerprint density at radius 2 is 1.70 bits per heavy atom. The van der Waals surface area contributed by atoms with Crippen LogP contribution in [0.25, 0.3) is 0 Å². The van der Waals surface area contributed by atoms with Gasteiger partial charge in [0, 0.05) is 13.6 Å². The quantitative estimate of drug-likeness (QED) is 0.614. The standard InChI is InChI=1S/C20H24FNO4S/c1-3-27(24,25)19-11-5-16(6-12-19)15-20(23)22(2)13-4-14-26-18-9-7-17(21)8-10-18/h5-12H,3-4,13-15H2,1-2H3. The van der Waals surface area contributed by atoms with Crippen molar-refractivity contribution in [2.24, 2.45) is 0 Å². The Bertz CT molecular complexity index is 849. The molecule has 2 rings (SSSR count). The van der Waals surface area contributed by atoms with Crippen molar-refractivity contribution in [2.75, 3.05) is 26.0 Å². The summed E-state index contributed by atoms with van der Waals surface area (Å²) in [6.07, 6.45) is 0.856. The summed E-state index contributed by atoms with van der Waals surface area (Å²) in [5.41, 5.74) is 0.768. The number of hydrogen-bond donors (Lipinski definition) is 0. The molecule has 27 heavy (non-hydrogen) atoms. The van der Waals surface area contributed by atoms with Gasteiger partial charge >= 0.3 is 0 Å². The van der Waals surface area contributed by atoms with Gasteiger partial charge in [-0.05, 0) is 48.4 Å². The number of benzene rings is 2. The smallest absolute Gasteiger partial charge is 0.226 e. The predicted molar refractivity (Wildman–Crippen MR) is 102 cm³/mol. The summed E-state index contributed by atoms with van der Waals surface area (Å²) in [6.45, 7) is 2.55. The molecule has 0 radical (unpaired) electrons. The highest BCUT2D eigenvalue weighted by molar-refractivity contribution is 7.91. The molecular formula is C20H24FNO4S. The number of rotatable bonds is 9. The lowest BCUT2D eigenvalue weighted by atomic mass is 10.1. The van der Waals surface area contributed by atoms with Crippen LogP contribution in [0.3, 0.4) is 0 Å². The van der Waals surface area contributed by atoms with Gasteiger partial charge in [0.2, 0.25) is 5.91 Å². The maximum atomic E-state index is 12.8. The number of sulfone groups is 1. The van der Waals surface area contributed by atoms with Crippen LogP contribution in [-0.4, -0.2) is 45.2 Å². The van der Waals surface area contributed by atoms with E-state index in [4.69, 9.17) is 4.74 Å². The van der Waals surface area contributed by atoms with Gasteiger partial charge < -0.3 is 9.64 Å². The lowest BCUT2D eigenvalue weighted by molar-refractivity contribution is -0.129. The van der Waals surface area contributed by atoms with Crippen molar-refractivity contribution in [3.8, 4) is 5.75 Å². The summed E-state index contributed by atoms with van der Waals surface area (Å²) in [7, 11) is -1.51. The zero-order valence-corrected chi connectivity index (χ0v) is 16.3. The molecule has 0 aliphatic carbocycles. The first-order valence-corrected chi connectivity index (χ1v) is 10.4. The summed E-state index contributed by atoms with van der Waals surface area (Å²) < 4.78 is 41.9. The Labute approximate surface area is 159 Å². The molecule has 2 aromatic rings. The number of hydrogen-bond acceptors (Lipinski definition) is 4. The minimum Gasteiger partial charge on any atom is -0.494 e. The van der Waals surface area contributed by atoms with Crippen LogP contribution < -0.4 is 4.74 Å². The fraction of sp³-hybridized carbons (Fsp3) is 0.350. The average molecular weight is 393 g/mol. The van der Waals surface area contributed by atoms with Gasteiger partial charge in [-0.3, -0.25) is 4.79 Å². The van der Waals surface area contributed by atoms with Gasteiger partial charge in [0.1, 0.15) is 11.6 Å². The maximum Gasteiger partial charge on any atom is 0.226 e. The Balaban J connectivity index is 1.77. The lowest BCUT2D eigenvalue weighted by Crippen LogP contribution is -2.30. The molecule has 5 nitrogen and oxygen atoms in total. The van der Waals surface area contributed by atoms with Crippen LogP contribution in [0.5, 0.6) is 5.75 Å². The second-order valence-corrected chi connectivity index (χ2v) is 8.47. The molecule has 0 saturated heterocycles. The van der Waals surface area contributed by atoms with Crippen molar-refractivity contribution < 1.29 is 22.3 Å². The fourth-order valence-corrected chi connectivity index (χ4v) is 3.32. The van der Waals surface area contributed by atoms with E-state index in [-0.39, 0.29) is 28.8 Å². The molecule has 2 aromatic carbocycles. The average Bonchev–Trinajstić information content (AvgIpc) is 2.66. The van der Waals surface area contributed by atoms with Gasteiger partial charge in [-0.1, -0.05) is 19.1 Å². The largest absolute Gasteiger partial charge is 0.494 e. The van der Waals surface area contributed by atoms with Crippen LogP contribution >= 0.6 is 0 Å². The van der Waals surface area contributed by atoms with Crippen molar-refractivity contribution in [3.63, 3.8) is 0 Å². The number of halogens is 1. The zero-order valence-electron chi connectivity index (χ0n) is 15.5. The molecule has 0 bridgehead atoms. The highest BCUT2D eigenvalue weighted by atomic mass is 32.2. The second kappa shape index (κ2) is 9.50. The zero-order chi connectivity index (χ0) is 19.9. The minimum absolute atomic E-state index is 0.0496. The number of likely N-dealkylation sites (N-methyl/N-ethyl adjacent to an activating group) is 1. The van der Waals surface area contributed by atoms with Crippen molar-refractivity contribution in [1.29, 1.82) is 0 Å². The highest BCUT2D eigenvalue weighted by Crippen LogP contribution is 2.14.